The summed E-state index contributed by atoms with van der Waals surface area (Å²) >= 11 is 0. The van der Waals surface area contributed by atoms with Gasteiger partial charge in [-0.05, 0) is 12.8 Å². The minimum Gasteiger partial charge on any atom is -0.369 e. The Bertz CT molecular complexity index is 339. The lowest BCUT2D eigenvalue weighted by Gasteiger charge is -2.25. The lowest BCUT2D eigenvalue weighted by atomic mass is 10.3. The van der Waals surface area contributed by atoms with Crippen molar-refractivity contribution in [1.29, 1.82) is 0 Å². The van der Waals surface area contributed by atoms with Crippen LogP contribution in [0.3, 0.4) is 0 Å². The van der Waals surface area contributed by atoms with Crippen LogP contribution in [0, 0.1) is 0 Å². The molecule has 2 heterocycles. The molecule has 98 valence electrons. The van der Waals surface area contributed by atoms with Gasteiger partial charge in [0.2, 0.25) is 0 Å². The topological polar surface area (TPSA) is 56.8 Å². The lowest BCUT2D eigenvalue weighted by molar-refractivity contribution is 0.0427. The third kappa shape index (κ3) is 2.13. The third-order valence-electron chi connectivity index (χ3n) is 3.49. The molecule has 3 fully saturated rings. The van der Waals surface area contributed by atoms with Gasteiger partial charge in [0.25, 0.3) is 0 Å². The SMILES string of the molecule is CC(C)[Si]12OCC(NCS(=O)C3CC3)(CO1)O2. The second-order valence-electron chi connectivity index (χ2n) is 5.33. The average Bonchev–Trinajstić information content (AvgIpc) is 3.01. The van der Waals surface area contributed by atoms with E-state index in [9.17, 15) is 4.21 Å². The molecule has 3 aliphatic rings. The minimum atomic E-state index is -2.43. The number of fused-ring (bicyclic) bond motifs is 2. The molecule has 2 saturated heterocycles. The molecule has 3 rings (SSSR count). The summed E-state index contributed by atoms with van der Waals surface area (Å²) in [5, 5.41) is 3.65. The van der Waals surface area contributed by atoms with Gasteiger partial charge in [-0.2, -0.15) is 0 Å². The van der Waals surface area contributed by atoms with Crippen LogP contribution in [0.4, 0.5) is 0 Å². The summed E-state index contributed by atoms with van der Waals surface area (Å²) in [5.74, 6) is 0.486. The summed E-state index contributed by atoms with van der Waals surface area (Å²) in [4.78, 5) is 0. The fourth-order valence-corrected chi connectivity index (χ4v) is 6.16. The van der Waals surface area contributed by atoms with Gasteiger partial charge in [0.1, 0.15) is 0 Å². The number of nitrogens with one attached hydrogen (secondary N) is 1. The van der Waals surface area contributed by atoms with Crippen LogP contribution in [-0.4, -0.2) is 43.1 Å². The van der Waals surface area contributed by atoms with Crippen LogP contribution in [0.25, 0.3) is 0 Å². The molecule has 5 nitrogen and oxygen atoms in total. The summed E-state index contributed by atoms with van der Waals surface area (Å²) in [6, 6.07) is 0. The maximum Gasteiger partial charge on any atom is 0.505 e. The van der Waals surface area contributed by atoms with Crippen LogP contribution in [0.15, 0.2) is 0 Å². The van der Waals surface area contributed by atoms with Crippen molar-refractivity contribution in [3.8, 4) is 0 Å². The molecule has 0 amide bonds. The van der Waals surface area contributed by atoms with E-state index in [1.807, 2.05) is 0 Å². The van der Waals surface area contributed by atoms with Crippen molar-refractivity contribution in [2.45, 2.75) is 43.2 Å². The van der Waals surface area contributed by atoms with Gasteiger partial charge in [0.05, 0.1) is 19.1 Å². The van der Waals surface area contributed by atoms with Crippen molar-refractivity contribution in [3.63, 3.8) is 0 Å². The molecule has 1 N–H and O–H groups in total. The first-order valence-corrected chi connectivity index (χ1v) is 9.34. The van der Waals surface area contributed by atoms with E-state index in [1.54, 1.807) is 0 Å². The van der Waals surface area contributed by atoms with Crippen LogP contribution in [0.5, 0.6) is 0 Å². The van der Waals surface area contributed by atoms with E-state index in [4.69, 9.17) is 13.3 Å². The van der Waals surface area contributed by atoms with E-state index in [-0.39, 0.29) is 5.54 Å². The van der Waals surface area contributed by atoms with Crippen LogP contribution >= 0.6 is 0 Å². The molecule has 0 aromatic rings. The maximum atomic E-state index is 11.8. The predicted octanol–water partition coefficient (Wildman–Crippen LogP) is 0.567. The van der Waals surface area contributed by atoms with Gasteiger partial charge < -0.3 is 13.3 Å². The number of rotatable bonds is 5. The molecule has 0 radical (unpaired) electrons. The summed E-state index contributed by atoms with van der Waals surface area (Å²) in [6.45, 7) is 5.19. The Morgan fingerprint density at radius 2 is 2.06 bits per heavy atom. The average molecular weight is 277 g/mol. The summed E-state index contributed by atoms with van der Waals surface area (Å²) in [6.07, 6.45) is 2.19. The molecular formula is C10H19NO4SSi. The monoisotopic (exact) mass is 277 g/mol. The zero-order chi connectivity index (χ0) is 12.1. The smallest absolute Gasteiger partial charge is 0.369 e. The third-order valence-corrected chi connectivity index (χ3v) is 8.32. The minimum absolute atomic E-state index is 0.280. The van der Waals surface area contributed by atoms with Gasteiger partial charge in [-0.3, -0.25) is 9.53 Å². The molecular weight excluding hydrogens is 258 g/mol. The van der Waals surface area contributed by atoms with Gasteiger partial charge in [-0.25, -0.2) is 0 Å². The van der Waals surface area contributed by atoms with Crippen molar-refractivity contribution < 1.29 is 17.5 Å². The molecule has 1 unspecified atom stereocenters. The van der Waals surface area contributed by atoms with Crippen molar-refractivity contribution in [1.82, 2.24) is 5.32 Å². The van der Waals surface area contributed by atoms with Gasteiger partial charge in [0, 0.05) is 21.6 Å². The molecule has 7 heteroatoms. The van der Waals surface area contributed by atoms with Crippen molar-refractivity contribution >= 4 is 19.6 Å². The molecule has 1 aliphatic carbocycles. The highest BCUT2D eigenvalue weighted by atomic mass is 32.2. The first-order chi connectivity index (χ1) is 8.05. The zero-order valence-electron chi connectivity index (χ0n) is 10.2. The quantitative estimate of drug-likeness (QED) is 0.745. The fourth-order valence-electron chi connectivity index (χ4n) is 2.15. The van der Waals surface area contributed by atoms with Crippen LogP contribution < -0.4 is 5.32 Å². The fraction of sp³-hybridized carbons (Fsp3) is 1.00. The number of hydrogen-bond acceptors (Lipinski definition) is 5. The summed E-state index contributed by atoms with van der Waals surface area (Å²) in [7, 11) is -3.20. The van der Waals surface area contributed by atoms with E-state index >= 15 is 0 Å². The van der Waals surface area contributed by atoms with Gasteiger partial charge in [-0.1, -0.05) is 13.8 Å². The second-order valence-corrected chi connectivity index (χ2v) is 10.2. The van der Waals surface area contributed by atoms with Gasteiger partial charge >= 0.3 is 8.80 Å². The Hall–Kier alpha value is 0.207. The highest BCUT2D eigenvalue weighted by Gasteiger charge is 2.64. The lowest BCUT2D eigenvalue weighted by Crippen LogP contribution is -2.50. The highest BCUT2D eigenvalue weighted by Crippen LogP contribution is 2.41. The van der Waals surface area contributed by atoms with E-state index in [0.29, 0.717) is 24.3 Å². The molecule has 17 heavy (non-hydrogen) atoms. The second kappa shape index (κ2) is 4.11. The molecule has 1 saturated carbocycles. The zero-order valence-corrected chi connectivity index (χ0v) is 12.0. The van der Waals surface area contributed by atoms with Crippen LogP contribution in [-0.2, 0) is 24.1 Å². The predicted molar refractivity (Wildman–Crippen MR) is 65.7 cm³/mol. The first-order valence-electron chi connectivity index (χ1n) is 6.16. The molecule has 2 bridgehead atoms. The summed E-state index contributed by atoms with van der Waals surface area (Å²) in [5.41, 5.74) is -0.247. The van der Waals surface area contributed by atoms with Crippen molar-refractivity contribution in [3.05, 3.63) is 0 Å². The Balaban J connectivity index is 1.59. The van der Waals surface area contributed by atoms with Crippen LogP contribution in [0.1, 0.15) is 26.7 Å². The van der Waals surface area contributed by atoms with E-state index in [0.717, 1.165) is 12.8 Å². The van der Waals surface area contributed by atoms with Crippen LogP contribution in [0.2, 0.25) is 5.54 Å². The number of hydrogen-bond donors (Lipinski definition) is 1. The van der Waals surface area contributed by atoms with Crippen molar-refractivity contribution in [2.75, 3.05) is 19.1 Å². The molecule has 1 atom stereocenters. The standard InChI is InChI=1S/C10H19NO4SSi/c1-8(2)17-13-5-10(15-17,6-14-17)11-7-16(12)9-3-4-9/h8-9,11H,3-7H2,1-2H3. The molecule has 0 aromatic carbocycles. The van der Waals surface area contributed by atoms with E-state index in [2.05, 4.69) is 19.2 Å². The van der Waals surface area contributed by atoms with E-state index < -0.39 is 25.3 Å². The first kappa shape index (κ1) is 12.3. The van der Waals surface area contributed by atoms with Gasteiger partial charge in [-0.15, -0.1) is 0 Å². The highest BCUT2D eigenvalue weighted by molar-refractivity contribution is 7.85. The van der Waals surface area contributed by atoms with E-state index in [1.165, 1.54) is 0 Å². The molecule has 2 aliphatic heterocycles. The Morgan fingerprint density at radius 3 is 2.53 bits per heavy atom. The summed E-state index contributed by atoms with van der Waals surface area (Å²) < 4.78 is 29.3. The Labute approximate surface area is 105 Å². The van der Waals surface area contributed by atoms with Crippen molar-refractivity contribution in [2.24, 2.45) is 0 Å². The Kier molecular flexibility index (Phi) is 2.96. The largest absolute Gasteiger partial charge is 0.505 e. The van der Waals surface area contributed by atoms with Gasteiger partial charge in [0.15, 0.2) is 5.72 Å². The molecule has 0 spiro atoms. The maximum absolute atomic E-state index is 11.8. The molecule has 0 aromatic heterocycles. The normalized spacial score (nSPS) is 42.3. The Morgan fingerprint density at radius 1 is 1.41 bits per heavy atom.